The van der Waals surface area contributed by atoms with E-state index < -0.39 is 0 Å². The predicted octanol–water partition coefficient (Wildman–Crippen LogP) is 3.00. The molecule has 0 aliphatic heterocycles. The molecule has 2 fully saturated rings. The summed E-state index contributed by atoms with van der Waals surface area (Å²) in [5.74, 6) is -0.218. The van der Waals surface area contributed by atoms with Crippen LogP contribution in [0.3, 0.4) is 0 Å². The molecule has 2 saturated carbocycles. The summed E-state index contributed by atoms with van der Waals surface area (Å²) in [7, 11) is 0. The van der Waals surface area contributed by atoms with E-state index in [-0.39, 0.29) is 16.8 Å². The van der Waals surface area contributed by atoms with Crippen LogP contribution in [-0.4, -0.2) is 5.54 Å². The van der Waals surface area contributed by atoms with E-state index in [9.17, 15) is 4.39 Å². The second-order valence-corrected chi connectivity index (χ2v) is 5.27. The van der Waals surface area contributed by atoms with Crippen molar-refractivity contribution in [1.29, 1.82) is 0 Å². The van der Waals surface area contributed by atoms with Crippen molar-refractivity contribution in [3.63, 3.8) is 0 Å². The van der Waals surface area contributed by atoms with Crippen molar-refractivity contribution in [1.82, 2.24) is 0 Å². The molecule has 0 aromatic heterocycles. The lowest BCUT2D eigenvalue weighted by molar-refractivity contribution is 0.499. The van der Waals surface area contributed by atoms with Gasteiger partial charge in [-0.25, -0.2) is 4.39 Å². The second kappa shape index (κ2) is 2.74. The van der Waals surface area contributed by atoms with Gasteiger partial charge in [0.25, 0.3) is 0 Å². The highest BCUT2D eigenvalue weighted by Gasteiger charge is 2.64. The van der Waals surface area contributed by atoms with Gasteiger partial charge in [-0.15, -0.1) is 0 Å². The van der Waals surface area contributed by atoms with Gasteiger partial charge in [-0.1, -0.05) is 11.6 Å². The van der Waals surface area contributed by atoms with Crippen molar-refractivity contribution in [3.05, 3.63) is 34.6 Å². The van der Waals surface area contributed by atoms with E-state index in [1.165, 1.54) is 6.07 Å². The monoisotopic (exact) mass is 225 g/mol. The summed E-state index contributed by atoms with van der Waals surface area (Å²) in [6.45, 7) is 0. The lowest BCUT2D eigenvalue weighted by atomic mass is 9.86. The fraction of sp³-hybridized carbons (Fsp3) is 0.500. The van der Waals surface area contributed by atoms with E-state index in [1.807, 2.05) is 0 Å². The van der Waals surface area contributed by atoms with Crippen LogP contribution >= 0.6 is 11.6 Å². The third kappa shape index (κ3) is 1.25. The molecule has 0 saturated heterocycles. The summed E-state index contributed by atoms with van der Waals surface area (Å²) in [4.78, 5) is 0. The maximum atomic E-state index is 13.2. The minimum atomic E-state index is -0.218. The number of hydrogen-bond donors (Lipinski definition) is 1. The quantitative estimate of drug-likeness (QED) is 0.823. The lowest BCUT2D eigenvalue weighted by Crippen LogP contribution is -2.37. The Morgan fingerprint density at radius 1 is 1.20 bits per heavy atom. The van der Waals surface area contributed by atoms with Crippen molar-refractivity contribution in [3.8, 4) is 0 Å². The number of nitrogens with two attached hydrogens (primary N) is 1. The molecule has 0 spiro atoms. The minimum Gasteiger partial charge on any atom is -0.324 e. The molecule has 1 nitrogen and oxygen atoms in total. The number of halogens is 2. The van der Waals surface area contributed by atoms with Crippen LogP contribution in [0.5, 0.6) is 0 Å². The van der Waals surface area contributed by atoms with Gasteiger partial charge in [-0.3, -0.25) is 0 Å². The molecule has 80 valence electrons. The Morgan fingerprint density at radius 3 is 2.40 bits per heavy atom. The van der Waals surface area contributed by atoms with E-state index >= 15 is 0 Å². The van der Waals surface area contributed by atoms with Crippen LogP contribution in [0.1, 0.15) is 31.2 Å². The Labute approximate surface area is 93.4 Å². The van der Waals surface area contributed by atoms with E-state index in [2.05, 4.69) is 0 Å². The third-order valence-corrected chi connectivity index (χ3v) is 4.27. The van der Waals surface area contributed by atoms with Crippen molar-refractivity contribution >= 4 is 11.6 Å². The van der Waals surface area contributed by atoms with Gasteiger partial charge in [0.1, 0.15) is 5.82 Å². The van der Waals surface area contributed by atoms with Crippen molar-refractivity contribution in [2.45, 2.75) is 36.6 Å². The summed E-state index contributed by atoms with van der Waals surface area (Å²) < 4.78 is 13.2. The van der Waals surface area contributed by atoms with Crippen molar-refractivity contribution < 1.29 is 4.39 Å². The first-order valence-corrected chi connectivity index (χ1v) is 5.70. The third-order valence-electron chi connectivity index (χ3n) is 3.94. The van der Waals surface area contributed by atoms with Crippen molar-refractivity contribution in [2.75, 3.05) is 0 Å². The van der Waals surface area contributed by atoms with Gasteiger partial charge in [-0.05, 0) is 49.4 Å². The molecule has 3 rings (SSSR count). The van der Waals surface area contributed by atoms with Crippen molar-refractivity contribution in [2.24, 2.45) is 5.73 Å². The zero-order valence-electron chi connectivity index (χ0n) is 8.39. The zero-order chi connectivity index (χ0) is 10.7. The summed E-state index contributed by atoms with van der Waals surface area (Å²) in [5.41, 5.74) is 7.05. The number of rotatable bonds is 2. The van der Waals surface area contributed by atoms with Gasteiger partial charge in [0.05, 0.1) is 0 Å². The molecule has 1 aromatic carbocycles. The van der Waals surface area contributed by atoms with E-state index in [0.29, 0.717) is 5.02 Å². The van der Waals surface area contributed by atoms with Crippen LogP contribution in [-0.2, 0) is 5.41 Å². The first kappa shape index (κ1) is 9.61. The molecule has 1 aromatic rings. The summed E-state index contributed by atoms with van der Waals surface area (Å²) in [6, 6.07) is 4.60. The minimum absolute atomic E-state index is 0.0216. The second-order valence-electron chi connectivity index (χ2n) is 4.86. The molecule has 0 bridgehead atoms. The van der Waals surface area contributed by atoms with Crippen LogP contribution in [0.4, 0.5) is 4.39 Å². The molecule has 0 atom stereocenters. The summed E-state index contributed by atoms with van der Waals surface area (Å²) in [6.07, 6.45) is 4.18. The molecule has 0 unspecified atom stereocenters. The lowest BCUT2D eigenvalue weighted by Gasteiger charge is -2.24. The average molecular weight is 226 g/mol. The van der Waals surface area contributed by atoms with Crippen LogP contribution in [0.2, 0.25) is 5.02 Å². The first-order chi connectivity index (χ1) is 7.07. The Bertz CT molecular complexity index is 422. The maximum Gasteiger partial charge on any atom is 0.123 e. The molecular weight excluding hydrogens is 213 g/mol. The SMILES string of the molecule is NC1(C2(c3cc(F)ccc3Cl)CC2)CC1. The van der Waals surface area contributed by atoms with Gasteiger partial charge in [0.15, 0.2) is 0 Å². The molecule has 2 aliphatic rings. The smallest absolute Gasteiger partial charge is 0.123 e. The largest absolute Gasteiger partial charge is 0.324 e. The Morgan fingerprint density at radius 2 is 1.87 bits per heavy atom. The van der Waals surface area contributed by atoms with Crippen LogP contribution in [0.15, 0.2) is 18.2 Å². The highest BCUT2D eigenvalue weighted by molar-refractivity contribution is 6.31. The molecule has 2 aliphatic carbocycles. The molecule has 0 heterocycles. The summed E-state index contributed by atoms with van der Waals surface area (Å²) in [5, 5.41) is 0.658. The average Bonchev–Trinajstić information content (AvgIpc) is 3.05. The number of hydrogen-bond acceptors (Lipinski definition) is 1. The standard InChI is InChI=1S/C12H13ClFN/c13-10-2-1-8(14)7-9(10)11(3-4-11)12(15)5-6-12/h1-2,7H,3-6,15H2. The Hall–Kier alpha value is -0.600. The molecule has 0 amide bonds. The van der Waals surface area contributed by atoms with E-state index in [4.69, 9.17) is 17.3 Å². The Kier molecular flexibility index (Phi) is 1.76. The van der Waals surface area contributed by atoms with Gasteiger partial charge in [0, 0.05) is 16.0 Å². The van der Waals surface area contributed by atoms with E-state index in [1.54, 1.807) is 12.1 Å². The molecule has 3 heteroatoms. The highest BCUT2D eigenvalue weighted by Crippen LogP contribution is 2.64. The highest BCUT2D eigenvalue weighted by atomic mass is 35.5. The van der Waals surface area contributed by atoms with Crippen LogP contribution in [0.25, 0.3) is 0 Å². The Balaban J connectivity index is 2.09. The zero-order valence-corrected chi connectivity index (χ0v) is 9.15. The molecule has 0 radical (unpaired) electrons. The summed E-state index contributed by atoms with van der Waals surface area (Å²) >= 11 is 6.13. The fourth-order valence-corrected chi connectivity index (χ4v) is 2.94. The van der Waals surface area contributed by atoms with Crippen LogP contribution < -0.4 is 5.73 Å². The van der Waals surface area contributed by atoms with Gasteiger partial charge < -0.3 is 5.73 Å². The van der Waals surface area contributed by atoms with Crippen LogP contribution in [0, 0.1) is 5.82 Å². The predicted molar refractivity (Wildman–Crippen MR) is 58.5 cm³/mol. The molecule has 2 N–H and O–H groups in total. The van der Waals surface area contributed by atoms with Gasteiger partial charge in [0.2, 0.25) is 0 Å². The van der Waals surface area contributed by atoms with Gasteiger partial charge >= 0.3 is 0 Å². The first-order valence-electron chi connectivity index (χ1n) is 5.32. The van der Waals surface area contributed by atoms with Gasteiger partial charge in [-0.2, -0.15) is 0 Å². The number of benzene rings is 1. The maximum absolute atomic E-state index is 13.2. The van der Waals surface area contributed by atoms with E-state index in [0.717, 1.165) is 31.2 Å². The normalized spacial score (nSPS) is 25.0. The topological polar surface area (TPSA) is 26.0 Å². The fourth-order valence-electron chi connectivity index (χ4n) is 2.64. The molecular formula is C12H13ClFN. The molecule has 15 heavy (non-hydrogen) atoms.